The first-order chi connectivity index (χ1) is 8.00. The zero-order chi connectivity index (χ0) is 12.9. The van der Waals surface area contributed by atoms with Crippen LogP contribution in [0.3, 0.4) is 0 Å². The van der Waals surface area contributed by atoms with E-state index in [-0.39, 0.29) is 17.3 Å². The Labute approximate surface area is 107 Å². The Kier molecular flexibility index (Phi) is 5.33. The molecule has 0 amide bonds. The maximum absolute atomic E-state index is 11.9. The predicted octanol–water partition coefficient (Wildman–Crippen LogP) is 2.71. The lowest BCUT2D eigenvalue weighted by Gasteiger charge is -2.02. The summed E-state index contributed by atoms with van der Waals surface area (Å²) in [5.74, 6) is 0.339. The number of hydrogen-bond acceptors (Lipinski definition) is 4. The molecule has 5 heteroatoms. The van der Waals surface area contributed by atoms with Gasteiger partial charge in [0.15, 0.2) is 5.78 Å². The highest BCUT2D eigenvalue weighted by molar-refractivity contribution is 7.91. The van der Waals surface area contributed by atoms with E-state index in [1.807, 2.05) is 18.4 Å². The molecule has 1 rings (SSSR count). The molecule has 96 valence electrons. The van der Waals surface area contributed by atoms with Gasteiger partial charge in [-0.1, -0.05) is 13.8 Å². The van der Waals surface area contributed by atoms with Gasteiger partial charge in [-0.25, -0.2) is 8.42 Å². The number of thiophene rings is 1. The van der Waals surface area contributed by atoms with Crippen LogP contribution in [0.5, 0.6) is 0 Å². The fourth-order valence-corrected chi connectivity index (χ4v) is 3.41. The van der Waals surface area contributed by atoms with E-state index in [4.69, 9.17) is 0 Å². The summed E-state index contributed by atoms with van der Waals surface area (Å²) in [6.45, 7) is 3.64. The summed E-state index contributed by atoms with van der Waals surface area (Å²) in [4.78, 5) is 12.7. The Bertz CT molecular complexity index is 472. The zero-order valence-electron chi connectivity index (χ0n) is 10.2. The van der Waals surface area contributed by atoms with Crippen LogP contribution in [0.1, 0.15) is 41.9 Å². The van der Waals surface area contributed by atoms with Crippen molar-refractivity contribution < 1.29 is 13.2 Å². The molecule has 1 aromatic rings. The largest absolute Gasteiger partial charge is 0.293 e. The topological polar surface area (TPSA) is 51.2 Å². The van der Waals surface area contributed by atoms with Gasteiger partial charge in [0.1, 0.15) is 9.84 Å². The van der Waals surface area contributed by atoms with E-state index >= 15 is 0 Å². The van der Waals surface area contributed by atoms with Crippen LogP contribution in [0.4, 0.5) is 0 Å². The van der Waals surface area contributed by atoms with Crippen LogP contribution in [0.2, 0.25) is 0 Å². The van der Waals surface area contributed by atoms with E-state index in [0.29, 0.717) is 12.8 Å². The monoisotopic (exact) mass is 274 g/mol. The normalized spacial score (nSPS) is 11.6. The first-order valence-corrected chi connectivity index (χ1v) is 8.50. The summed E-state index contributed by atoms with van der Waals surface area (Å²) < 4.78 is 22.6. The van der Waals surface area contributed by atoms with E-state index in [9.17, 15) is 13.2 Å². The Balaban J connectivity index is 2.51. The van der Waals surface area contributed by atoms with Crippen molar-refractivity contribution >= 4 is 27.0 Å². The Morgan fingerprint density at radius 1 is 1.35 bits per heavy atom. The van der Waals surface area contributed by atoms with Crippen LogP contribution >= 0.6 is 11.3 Å². The molecule has 0 unspecified atom stereocenters. The highest BCUT2D eigenvalue weighted by Crippen LogP contribution is 2.20. The quantitative estimate of drug-likeness (QED) is 0.718. The van der Waals surface area contributed by atoms with Gasteiger partial charge in [-0.3, -0.25) is 4.79 Å². The van der Waals surface area contributed by atoms with Crippen LogP contribution < -0.4 is 0 Å². The van der Waals surface area contributed by atoms with Crippen molar-refractivity contribution in [3.8, 4) is 0 Å². The number of ketones is 1. The molecule has 1 heterocycles. The summed E-state index contributed by atoms with van der Waals surface area (Å²) in [5, 5.41) is 1.91. The Morgan fingerprint density at radius 2 is 2.06 bits per heavy atom. The lowest BCUT2D eigenvalue weighted by Crippen LogP contribution is -2.10. The van der Waals surface area contributed by atoms with Crippen LogP contribution in [-0.2, 0) is 16.3 Å². The number of sulfone groups is 1. The second kappa shape index (κ2) is 6.31. The average molecular weight is 274 g/mol. The van der Waals surface area contributed by atoms with E-state index in [0.717, 1.165) is 16.9 Å². The van der Waals surface area contributed by atoms with Crippen molar-refractivity contribution in [2.75, 3.05) is 11.5 Å². The molecule has 0 fully saturated rings. The lowest BCUT2D eigenvalue weighted by atomic mass is 10.1. The van der Waals surface area contributed by atoms with Crippen molar-refractivity contribution in [2.45, 2.75) is 33.1 Å². The minimum atomic E-state index is -2.95. The molecule has 17 heavy (non-hydrogen) atoms. The molecular weight excluding hydrogens is 256 g/mol. The van der Waals surface area contributed by atoms with E-state index in [2.05, 4.69) is 0 Å². The molecule has 0 N–H and O–H groups in total. The summed E-state index contributed by atoms with van der Waals surface area (Å²) in [6.07, 6.45) is 1.60. The van der Waals surface area contributed by atoms with Gasteiger partial charge in [0.25, 0.3) is 0 Å². The number of hydrogen-bond donors (Lipinski definition) is 0. The SMILES string of the molecule is CCc1ccsc1C(=O)CCCS(=O)(=O)CC. The minimum absolute atomic E-state index is 0.0724. The van der Waals surface area contributed by atoms with Crippen molar-refractivity contribution in [2.24, 2.45) is 0 Å². The minimum Gasteiger partial charge on any atom is -0.293 e. The number of carbonyl (C=O) groups excluding carboxylic acids is 1. The van der Waals surface area contributed by atoms with Crippen molar-refractivity contribution in [1.82, 2.24) is 0 Å². The Hall–Kier alpha value is -0.680. The summed E-state index contributed by atoms with van der Waals surface area (Å²) in [5.41, 5.74) is 1.07. The third-order valence-corrected chi connectivity index (χ3v) is 5.47. The van der Waals surface area contributed by atoms with Crippen molar-refractivity contribution in [1.29, 1.82) is 0 Å². The fourth-order valence-electron chi connectivity index (χ4n) is 1.57. The highest BCUT2D eigenvalue weighted by atomic mass is 32.2. The summed E-state index contributed by atoms with van der Waals surface area (Å²) in [7, 11) is -2.95. The van der Waals surface area contributed by atoms with E-state index in [1.165, 1.54) is 11.3 Å². The van der Waals surface area contributed by atoms with E-state index < -0.39 is 9.84 Å². The average Bonchev–Trinajstić information content (AvgIpc) is 2.76. The molecule has 0 aromatic carbocycles. The smallest absolute Gasteiger partial charge is 0.173 e. The predicted molar refractivity (Wildman–Crippen MR) is 71.6 cm³/mol. The Morgan fingerprint density at radius 3 is 2.65 bits per heavy atom. The fraction of sp³-hybridized carbons (Fsp3) is 0.583. The van der Waals surface area contributed by atoms with Gasteiger partial charge in [-0.2, -0.15) is 0 Å². The molecule has 0 spiro atoms. The maximum Gasteiger partial charge on any atom is 0.173 e. The molecule has 0 atom stereocenters. The summed E-state index contributed by atoms with van der Waals surface area (Å²) in [6, 6.07) is 1.96. The molecule has 0 saturated heterocycles. The number of carbonyl (C=O) groups is 1. The lowest BCUT2D eigenvalue weighted by molar-refractivity contribution is 0.0985. The number of aryl methyl sites for hydroxylation is 1. The molecule has 0 saturated carbocycles. The molecule has 0 radical (unpaired) electrons. The van der Waals surface area contributed by atoms with Gasteiger partial charge in [0.2, 0.25) is 0 Å². The standard InChI is InChI=1S/C12H18O3S2/c1-3-10-7-8-16-12(10)11(13)6-5-9-17(14,15)4-2/h7-8H,3-6,9H2,1-2H3. The second-order valence-electron chi connectivity index (χ2n) is 3.89. The van der Waals surface area contributed by atoms with Gasteiger partial charge in [-0.15, -0.1) is 11.3 Å². The molecular formula is C12H18O3S2. The van der Waals surface area contributed by atoms with Gasteiger partial charge >= 0.3 is 0 Å². The molecule has 0 aliphatic heterocycles. The molecule has 0 bridgehead atoms. The van der Waals surface area contributed by atoms with Gasteiger partial charge in [0, 0.05) is 12.2 Å². The van der Waals surface area contributed by atoms with Crippen LogP contribution in [0, 0.1) is 0 Å². The van der Waals surface area contributed by atoms with Crippen LogP contribution in [0.15, 0.2) is 11.4 Å². The van der Waals surface area contributed by atoms with Crippen molar-refractivity contribution in [3.05, 3.63) is 21.9 Å². The number of Topliss-reactive ketones (excluding diaryl/α,β-unsaturated/α-hetero) is 1. The molecule has 0 aliphatic rings. The third-order valence-electron chi connectivity index (χ3n) is 2.68. The first-order valence-electron chi connectivity index (χ1n) is 5.80. The third kappa shape index (κ3) is 4.24. The number of rotatable bonds is 7. The van der Waals surface area contributed by atoms with Gasteiger partial charge in [0.05, 0.1) is 10.6 Å². The first kappa shape index (κ1) is 14.4. The van der Waals surface area contributed by atoms with E-state index in [1.54, 1.807) is 6.92 Å². The maximum atomic E-state index is 11.9. The highest BCUT2D eigenvalue weighted by Gasteiger charge is 2.14. The second-order valence-corrected chi connectivity index (χ2v) is 7.28. The molecule has 1 aromatic heterocycles. The van der Waals surface area contributed by atoms with Gasteiger partial charge in [-0.05, 0) is 29.9 Å². The van der Waals surface area contributed by atoms with Crippen LogP contribution in [-0.4, -0.2) is 25.7 Å². The van der Waals surface area contributed by atoms with Crippen molar-refractivity contribution in [3.63, 3.8) is 0 Å². The van der Waals surface area contributed by atoms with Crippen LogP contribution in [0.25, 0.3) is 0 Å². The van der Waals surface area contributed by atoms with Gasteiger partial charge < -0.3 is 0 Å². The molecule has 3 nitrogen and oxygen atoms in total. The summed E-state index contributed by atoms with van der Waals surface area (Å²) >= 11 is 1.45. The zero-order valence-corrected chi connectivity index (χ0v) is 11.9. The molecule has 0 aliphatic carbocycles.